The van der Waals surface area contributed by atoms with E-state index in [9.17, 15) is 4.79 Å². The Morgan fingerprint density at radius 2 is 2.24 bits per heavy atom. The summed E-state index contributed by atoms with van der Waals surface area (Å²) in [5.74, 6) is 0.0188. The molecule has 1 aromatic carbocycles. The molecule has 4 nitrogen and oxygen atoms in total. The molecule has 2 aromatic rings. The van der Waals surface area contributed by atoms with Crippen LogP contribution in [-0.4, -0.2) is 16.9 Å². The highest BCUT2D eigenvalue weighted by Gasteiger charge is 2.19. The SMILES string of the molecule is CCC(C)C(N)C(=O)Nc1cccc(-c2csc(C)n2)c1. The van der Waals surface area contributed by atoms with Gasteiger partial charge in [0.15, 0.2) is 0 Å². The second-order valence-electron chi connectivity index (χ2n) is 5.23. The van der Waals surface area contributed by atoms with Crippen molar-refractivity contribution in [3.8, 4) is 11.3 Å². The number of nitrogens with zero attached hydrogens (tertiary/aromatic N) is 1. The van der Waals surface area contributed by atoms with E-state index in [0.717, 1.165) is 28.4 Å². The van der Waals surface area contributed by atoms with Crippen LogP contribution in [0.1, 0.15) is 25.3 Å². The van der Waals surface area contributed by atoms with Crippen molar-refractivity contribution in [3.05, 3.63) is 34.7 Å². The monoisotopic (exact) mass is 303 g/mol. The fraction of sp³-hybridized carbons (Fsp3) is 0.375. The van der Waals surface area contributed by atoms with E-state index in [2.05, 4.69) is 10.3 Å². The Morgan fingerprint density at radius 1 is 1.48 bits per heavy atom. The average molecular weight is 303 g/mol. The molecule has 3 N–H and O–H groups in total. The summed E-state index contributed by atoms with van der Waals surface area (Å²) in [6, 6.07) is 7.20. The van der Waals surface area contributed by atoms with Gasteiger partial charge in [0.25, 0.3) is 0 Å². The fourth-order valence-electron chi connectivity index (χ4n) is 1.99. The van der Waals surface area contributed by atoms with Gasteiger partial charge < -0.3 is 11.1 Å². The van der Waals surface area contributed by atoms with Crippen LogP contribution in [0.2, 0.25) is 0 Å². The molecule has 0 bridgehead atoms. The predicted octanol–water partition coefficient (Wildman–Crippen LogP) is 3.43. The van der Waals surface area contributed by atoms with E-state index in [-0.39, 0.29) is 11.8 Å². The van der Waals surface area contributed by atoms with Crippen molar-refractivity contribution in [1.29, 1.82) is 0 Å². The van der Waals surface area contributed by atoms with Crippen molar-refractivity contribution in [2.24, 2.45) is 11.7 Å². The van der Waals surface area contributed by atoms with Crippen molar-refractivity contribution in [2.45, 2.75) is 33.2 Å². The van der Waals surface area contributed by atoms with Crippen LogP contribution < -0.4 is 11.1 Å². The Hall–Kier alpha value is -1.72. The van der Waals surface area contributed by atoms with Crippen LogP contribution in [0.25, 0.3) is 11.3 Å². The zero-order valence-corrected chi connectivity index (χ0v) is 13.4. The maximum atomic E-state index is 12.1. The molecule has 0 spiro atoms. The molecule has 2 rings (SSSR count). The Kier molecular flexibility index (Phi) is 5.09. The number of aryl methyl sites for hydroxylation is 1. The molecular weight excluding hydrogens is 282 g/mol. The summed E-state index contributed by atoms with van der Waals surface area (Å²) >= 11 is 1.61. The maximum absolute atomic E-state index is 12.1. The van der Waals surface area contributed by atoms with Gasteiger partial charge in [-0.1, -0.05) is 32.4 Å². The summed E-state index contributed by atoms with van der Waals surface area (Å²) in [6.07, 6.45) is 0.882. The molecule has 1 amide bonds. The van der Waals surface area contributed by atoms with Gasteiger partial charge in [0.05, 0.1) is 16.7 Å². The number of rotatable bonds is 5. The van der Waals surface area contributed by atoms with E-state index in [1.807, 2.05) is 50.4 Å². The van der Waals surface area contributed by atoms with E-state index < -0.39 is 6.04 Å². The standard InChI is InChI=1S/C16H21N3OS/c1-4-10(2)15(17)16(20)19-13-7-5-6-12(8-13)14-9-21-11(3)18-14/h5-10,15H,4,17H2,1-3H3,(H,19,20). The molecule has 2 unspecified atom stereocenters. The molecule has 0 saturated carbocycles. The molecule has 1 heterocycles. The van der Waals surface area contributed by atoms with Crippen LogP contribution in [0.4, 0.5) is 5.69 Å². The minimum atomic E-state index is -0.486. The largest absolute Gasteiger partial charge is 0.325 e. The quantitative estimate of drug-likeness (QED) is 0.889. The van der Waals surface area contributed by atoms with Gasteiger partial charge in [0.1, 0.15) is 0 Å². The van der Waals surface area contributed by atoms with Crippen LogP contribution in [-0.2, 0) is 4.79 Å². The number of carbonyl (C=O) groups is 1. The first-order chi connectivity index (χ1) is 10.0. The number of nitrogens with two attached hydrogens (primary N) is 1. The summed E-state index contributed by atoms with van der Waals surface area (Å²) in [4.78, 5) is 16.6. The fourth-order valence-corrected chi connectivity index (χ4v) is 2.61. The first-order valence-corrected chi connectivity index (χ1v) is 7.98. The van der Waals surface area contributed by atoms with E-state index >= 15 is 0 Å². The van der Waals surface area contributed by atoms with Crippen molar-refractivity contribution in [1.82, 2.24) is 4.98 Å². The predicted molar refractivity (Wildman–Crippen MR) is 88.3 cm³/mol. The number of carbonyl (C=O) groups excluding carboxylic acids is 1. The summed E-state index contributed by atoms with van der Waals surface area (Å²) in [7, 11) is 0. The topological polar surface area (TPSA) is 68.0 Å². The van der Waals surface area contributed by atoms with Gasteiger partial charge in [-0.2, -0.15) is 0 Å². The van der Waals surface area contributed by atoms with E-state index in [0.29, 0.717) is 0 Å². The Bertz CT molecular complexity index is 623. The lowest BCUT2D eigenvalue weighted by Gasteiger charge is -2.17. The summed E-state index contributed by atoms with van der Waals surface area (Å²) in [5.41, 5.74) is 8.63. The first kappa shape index (κ1) is 15.7. The number of amides is 1. The van der Waals surface area contributed by atoms with Crippen LogP contribution in [0.5, 0.6) is 0 Å². The second kappa shape index (κ2) is 6.83. The van der Waals surface area contributed by atoms with Crippen molar-refractivity contribution in [2.75, 3.05) is 5.32 Å². The van der Waals surface area contributed by atoms with Crippen LogP contribution >= 0.6 is 11.3 Å². The van der Waals surface area contributed by atoms with Gasteiger partial charge >= 0.3 is 0 Å². The Balaban J connectivity index is 2.13. The molecule has 0 fully saturated rings. The number of nitrogens with one attached hydrogen (secondary N) is 1. The Labute approximate surface area is 129 Å². The van der Waals surface area contributed by atoms with Crippen LogP contribution in [0.3, 0.4) is 0 Å². The molecule has 0 saturated heterocycles. The second-order valence-corrected chi connectivity index (χ2v) is 6.30. The third kappa shape index (κ3) is 3.89. The summed E-state index contributed by atoms with van der Waals surface area (Å²) in [6.45, 7) is 5.99. The molecular formula is C16H21N3OS. The van der Waals surface area contributed by atoms with E-state index in [1.165, 1.54) is 0 Å². The smallest absolute Gasteiger partial charge is 0.241 e. The number of benzene rings is 1. The van der Waals surface area contributed by atoms with Gasteiger partial charge in [-0.15, -0.1) is 11.3 Å². The van der Waals surface area contributed by atoms with Crippen LogP contribution in [0.15, 0.2) is 29.6 Å². The van der Waals surface area contributed by atoms with Gasteiger partial charge in [-0.05, 0) is 25.0 Å². The number of anilines is 1. The van der Waals surface area contributed by atoms with Crippen molar-refractivity contribution >= 4 is 22.9 Å². The summed E-state index contributed by atoms with van der Waals surface area (Å²) < 4.78 is 0. The van der Waals surface area contributed by atoms with Gasteiger partial charge in [-0.25, -0.2) is 4.98 Å². The molecule has 2 atom stereocenters. The molecule has 112 valence electrons. The van der Waals surface area contributed by atoms with E-state index in [1.54, 1.807) is 11.3 Å². The molecule has 21 heavy (non-hydrogen) atoms. The number of thiazole rings is 1. The third-order valence-electron chi connectivity index (χ3n) is 3.60. The minimum Gasteiger partial charge on any atom is -0.325 e. The highest BCUT2D eigenvalue weighted by atomic mass is 32.1. The molecule has 0 radical (unpaired) electrons. The molecule has 1 aromatic heterocycles. The average Bonchev–Trinajstić information content (AvgIpc) is 2.92. The van der Waals surface area contributed by atoms with Crippen LogP contribution in [0, 0.1) is 12.8 Å². The van der Waals surface area contributed by atoms with Gasteiger partial charge in [-0.3, -0.25) is 4.79 Å². The minimum absolute atomic E-state index is 0.143. The highest BCUT2D eigenvalue weighted by molar-refractivity contribution is 7.09. The Morgan fingerprint density at radius 3 is 2.86 bits per heavy atom. The molecule has 0 aliphatic heterocycles. The maximum Gasteiger partial charge on any atom is 0.241 e. The zero-order chi connectivity index (χ0) is 15.4. The molecule has 0 aliphatic carbocycles. The molecule has 5 heteroatoms. The molecule has 0 aliphatic rings. The third-order valence-corrected chi connectivity index (χ3v) is 4.38. The van der Waals surface area contributed by atoms with Crippen molar-refractivity contribution < 1.29 is 4.79 Å². The summed E-state index contributed by atoms with van der Waals surface area (Å²) in [5, 5.41) is 5.93. The van der Waals surface area contributed by atoms with Crippen molar-refractivity contribution in [3.63, 3.8) is 0 Å². The normalized spacial score (nSPS) is 13.7. The number of hydrogen-bond acceptors (Lipinski definition) is 4. The number of hydrogen-bond donors (Lipinski definition) is 2. The highest BCUT2D eigenvalue weighted by Crippen LogP contribution is 2.24. The lowest BCUT2D eigenvalue weighted by molar-refractivity contribution is -0.118. The van der Waals surface area contributed by atoms with Gasteiger partial charge in [0.2, 0.25) is 5.91 Å². The lowest BCUT2D eigenvalue weighted by atomic mass is 9.99. The van der Waals surface area contributed by atoms with Gasteiger partial charge in [0, 0.05) is 16.6 Å². The number of aromatic nitrogens is 1. The first-order valence-electron chi connectivity index (χ1n) is 7.10. The van der Waals surface area contributed by atoms with E-state index in [4.69, 9.17) is 5.73 Å². The lowest BCUT2D eigenvalue weighted by Crippen LogP contribution is -2.40. The zero-order valence-electron chi connectivity index (χ0n) is 12.6.